The summed E-state index contributed by atoms with van der Waals surface area (Å²) < 4.78 is 7.01. The zero-order valence-electron chi connectivity index (χ0n) is 8.57. The van der Waals surface area contributed by atoms with Crippen LogP contribution >= 0.6 is 0 Å². The number of nitrogens with one attached hydrogen (secondary N) is 1. The molecule has 0 aliphatic carbocycles. The average molecular weight is 195 g/mol. The molecule has 0 bridgehead atoms. The number of rotatable bonds is 7. The molecule has 0 spiro atoms. The van der Waals surface area contributed by atoms with Crippen molar-refractivity contribution in [2.75, 3.05) is 13.2 Å². The minimum absolute atomic E-state index is 0.724. The standard InChI is InChI=1S/C10H17N3O/c1-3-14-6-4-5-11-7-10-8-12-9-13(10)2/h3,8-9,11H,1,4-7H2,2H3. The molecule has 0 saturated heterocycles. The Balaban J connectivity index is 2.04. The Bertz CT molecular complexity index is 270. The minimum Gasteiger partial charge on any atom is -0.502 e. The van der Waals surface area contributed by atoms with Gasteiger partial charge in [0.1, 0.15) is 0 Å². The molecule has 0 radical (unpaired) electrons. The van der Waals surface area contributed by atoms with E-state index in [0.29, 0.717) is 0 Å². The molecule has 0 aromatic carbocycles. The molecule has 1 aromatic rings. The van der Waals surface area contributed by atoms with Crippen molar-refractivity contribution in [2.45, 2.75) is 13.0 Å². The summed E-state index contributed by atoms with van der Waals surface area (Å²) in [6.45, 7) is 6.00. The number of hydrogen-bond acceptors (Lipinski definition) is 3. The molecular formula is C10H17N3O. The second-order valence-corrected chi connectivity index (χ2v) is 3.06. The summed E-state index contributed by atoms with van der Waals surface area (Å²) in [6.07, 6.45) is 6.13. The van der Waals surface area contributed by atoms with Crippen LogP contribution in [0, 0.1) is 0 Å². The summed E-state index contributed by atoms with van der Waals surface area (Å²) in [6, 6.07) is 0. The number of imidazole rings is 1. The summed E-state index contributed by atoms with van der Waals surface area (Å²) in [4.78, 5) is 4.04. The van der Waals surface area contributed by atoms with Gasteiger partial charge in [0.05, 0.1) is 24.9 Å². The van der Waals surface area contributed by atoms with E-state index in [9.17, 15) is 0 Å². The smallest absolute Gasteiger partial charge is 0.0945 e. The first-order valence-electron chi connectivity index (χ1n) is 4.73. The van der Waals surface area contributed by atoms with Gasteiger partial charge in [0.25, 0.3) is 0 Å². The highest BCUT2D eigenvalue weighted by Gasteiger charge is 1.96. The topological polar surface area (TPSA) is 39.1 Å². The van der Waals surface area contributed by atoms with Crippen LogP contribution in [0.3, 0.4) is 0 Å². The lowest BCUT2D eigenvalue weighted by Gasteiger charge is -2.04. The van der Waals surface area contributed by atoms with Gasteiger partial charge in [-0.1, -0.05) is 6.58 Å². The van der Waals surface area contributed by atoms with Gasteiger partial charge < -0.3 is 14.6 Å². The molecule has 1 aromatic heterocycles. The first kappa shape index (κ1) is 10.8. The maximum Gasteiger partial charge on any atom is 0.0945 e. The van der Waals surface area contributed by atoms with E-state index in [4.69, 9.17) is 4.74 Å². The third-order valence-corrected chi connectivity index (χ3v) is 1.96. The molecule has 0 unspecified atom stereocenters. The quantitative estimate of drug-likeness (QED) is 0.522. The molecule has 14 heavy (non-hydrogen) atoms. The van der Waals surface area contributed by atoms with E-state index in [1.807, 2.05) is 17.8 Å². The molecule has 1 heterocycles. The van der Waals surface area contributed by atoms with Crippen molar-refractivity contribution >= 4 is 0 Å². The summed E-state index contributed by atoms with van der Waals surface area (Å²) >= 11 is 0. The van der Waals surface area contributed by atoms with E-state index in [2.05, 4.69) is 16.9 Å². The Morgan fingerprint density at radius 2 is 2.57 bits per heavy atom. The number of hydrogen-bond donors (Lipinski definition) is 1. The SMILES string of the molecule is C=COCCCNCc1cncn1C. The predicted octanol–water partition coefficient (Wildman–Crippen LogP) is 1.06. The monoisotopic (exact) mass is 195 g/mol. The first-order chi connectivity index (χ1) is 6.84. The summed E-state index contributed by atoms with van der Waals surface area (Å²) in [7, 11) is 1.99. The molecule has 0 atom stereocenters. The number of nitrogens with zero attached hydrogens (tertiary/aromatic N) is 2. The molecule has 4 heteroatoms. The van der Waals surface area contributed by atoms with Crippen LogP contribution in [0.1, 0.15) is 12.1 Å². The lowest BCUT2D eigenvalue weighted by molar-refractivity contribution is 0.244. The highest BCUT2D eigenvalue weighted by atomic mass is 16.5. The first-order valence-corrected chi connectivity index (χ1v) is 4.73. The van der Waals surface area contributed by atoms with Crippen molar-refractivity contribution in [2.24, 2.45) is 7.05 Å². The Morgan fingerprint density at radius 1 is 1.71 bits per heavy atom. The third-order valence-electron chi connectivity index (χ3n) is 1.96. The van der Waals surface area contributed by atoms with E-state index < -0.39 is 0 Å². The molecule has 0 saturated carbocycles. The van der Waals surface area contributed by atoms with E-state index in [1.165, 1.54) is 12.0 Å². The van der Waals surface area contributed by atoms with Gasteiger partial charge >= 0.3 is 0 Å². The molecule has 0 fully saturated rings. The number of aromatic nitrogens is 2. The van der Waals surface area contributed by atoms with Gasteiger partial charge in [-0.2, -0.15) is 0 Å². The number of aryl methyl sites for hydroxylation is 1. The number of ether oxygens (including phenoxy) is 1. The van der Waals surface area contributed by atoms with E-state index >= 15 is 0 Å². The highest BCUT2D eigenvalue weighted by molar-refractivity contribution is 4.96. The average Bonchev–Trinajstić information content (AvgIpc) is 2.58. The predicted molar refractivity (Wildman–Crippen MR) is 55.7 cm³/mol. The van der Waals surface area contributed by atoms with Gasteiger partial charge in [0.15, 0.2) is 0 Å². The zero-order valence-corrected chi connectivity index (χ0v) is 8.57. The van der Waals surface area contributed by atoms with Crippen LogP contribution in [-0.4, -0.2) is 22.7 Å². The van der Waals surface area contributed by atoms with Gasteiger partial charge in [-0.3, -0.25) is 0 Å². The van der Waals surface area contributed by atoms with Crippen LogP contribution < -0.4 is 5.32 Å². The van der Waals surface area contributed by atoms with Crippen molar-refractivity contribution in [1.29, 1.82) is 0 Å². The van der Waals surface area contributed by atoms with Crippen molar-refractivity contribution in [3.8, 4) is 0 Å². The second-order valence-electron chi connectivity index (χ2n) is 3.06. The maximum atomic E-state index is 5.00. The van der Waals surface area contributed by atoms with Crippen molar-refractivity contribution < 1.29 is 4.74 Å². The van der Waals surface area contributed by atoms with Gasteiger partial charge in [-0.15, -0.1) is 0 Å². The van der Waals surface area contributed by atoms with Crippen LogP contribution in [0.2, 0.25) is 0 Å². The highest BCUT2D eigenvalue weighted by Crippen LogP contribution is 1.94. The summed E-state index contributed by atoms with van der Waals surface area (Å²) in [5.41, 5.74) is 1.19. The molecule has 1 rings (SSSR count). The fourth-order valence-corrected chi connectivity index (χ4v) is 1.14. The fraction of sp³-hybridized carbons (Fsp3) is 0.500. The lowest BCUT2D eigenvalue weighted by atomic mass is 10.4. The van der Waals surface area contributed by atoms with Gasteiger partial charge in [-0.05, 0) is 13.0 Å². The van der Waals surface area contributed by atoms with E-state index in [1.54, 1.807) is 6.33 Å². The molecule has 1 N–H and O–H groups in total. The van der Waals surface area contributed by atoms with Gasteiger partial charge in [-0.25, -0.2) is 4.98 Å². The second kappa shape index (κ2) is 6.21. The van der Waals surface area contributed by atoms with Crippen LogP contribution in [0.25, 0.3) is 0 Å². The third kappa shape index (κ3) is 3.62. The Labute approximate surface area is 84.6 Å². The van der Waals surface area contributed by atoms with Gasteiger partial charge in [0, 0.05) is 19.8 Å². The molecule has 0 amide bonds. The van der Waals surface area contributed by atoms with E-state index in [-0.39, 0.29) is 0 Å². The molecule has 78 valence electrons. The van der Waals surface area contributed by atoms with Crippen molar-refractivity contribution in [1.82, 2.24) is 14.9 Å². The zero-order chi connectivity index (χ0) is 10.2. The summed E-state index contributed by atoms with van der Waals surface area (Å²) in [5.74, 6) is 0. The van der Waals surface area contributed by atoms with E-state index in [0.717, 1.165) is 26.1 Å². The van der Waals surface area contributed by atoms with Crippen LogP contribution in [0.15, 0.2) is 25.4 Å². The molecule has 4 nitrogen and oxygen atoms in total. The van der Waals surface area contributed by atoms with Crippen LogP contribution in [0.5, 0.6) is 0 Å². The van der Waals surface area contributed by atoms with Gasteiger partial charge in [0.2, 0.25) is 0 Å². The maximum absolute atomic E-state index is 5.00. The molecule has 0 aliphatic rings. The lowest BCUT2D eigenvalue weighted by Crippen LogP contribution is -2.17. The van der Waals surface area contributed by atoms with Crippen molar-refractivity contribution in [3.63, 3.8) is 0 Å². The fourth-order valence-electron chi connectivity index (χ4n) is 1.14. The Hall–Kier alpha value is -1.29. The Morgan fingerprint density at radius 3 is 3.21 bits per heavy atom. The van der Waals surface area contributed by atoms with Crippen LogP contribution in [-0.2, 0) is 18.3 Å². The summed E-state index contributed by atoms with van der Waals surface area (Å²) in [5, 5.41) is 3.31. The molecule has 0 aliphatic heterocycles. The Kier molecular flexibility index (Phi) is 4.78. The van der Waals surface area contributed by atoms with Crippen molar-refractivity contribution in [3.05, 3.63) is 31.1 Å². The minimum atomic E-state index is 0.724. The van der Waals surface area contributed by atoms with Crippen LogP contribution in [0.4, 0.5) is 0 Å². The normalized spacial score (nSPS) is 10.1. The molecular weight excluding hydrogens is 178 g/mol. The largest absolute Gasteiger partial charge is 0.502 e.